The molecule has 34 heavy (non-hydrogen) atoms. The van der Waals surface area contributed by atoms with Gasteiger partial charge < -0.3 is 9.72 Å². The summed E-state index contributed by atoms with van der Waals surface area (Å²) < 4.78 is 6.67. The van der Waals surface area contributed by atoms with E-state index in [0.29, 0.717) is 25.0 Å². The molecule has 9 nitrogen and oxygen atoms in total. The molecule has 4 rings (SSSR count). The van der Waals surface area contributed by atoms with Crippen molar-refractivity contribution in [2.75, 3.05) is 6.61 Å². The van der Waals surface area contributed by atoms with Gasteiger partial charge in [0.2, 0.25) is 0 Å². The van der Waals surface area contributed by atoms with Crippen LogP contribution >= 0.6 is 0 Å². The summed E-state index contributed by atoms with van der Waals surface area (Å²) in [6.45, 7) is 6.70. The number of hydrogen-bond acceptors (Lipinski definition) is 7. The molecule has 0 bridgehead atoms. The number of aromatic amines is 1. The number of H-pyrrole nitrogens is 1. The van der Waals surface area contributed by atoms with Crippen molar-refractivity contribution in [2.45, 2.75) is 84.5 Å². The molecule has 0 aliphatic heterocycles. The maximum Gasteiger partial charge on any atom is 0.327 e. The van der Waals surface area contributed by atoms with Crippen molar-refractivity contribution in [1.29, 1.82) is 0 Å². The van der Waals surface area contributed by atoms with E-state index < -0.39 is 0 Å². The van der Waals surface area contributed by atoms with Crippen LogP contribution in [0.5, 0.6) is 0 Å². The second kappa shape index (κ2) is 10.9. The van der Waals surface area contributed by atoms with Gasteiger partial charge in [0.25, 0.3) is 5.56 Å². The summed E-state index contributed by atoms with van der Waals surface area (Å²) >= 11 is 0. The van der Waals surface area contributed by atoms with E-state index in [2.05, 4.69) is 32.3 Å². The van der Waals surface area contributed by atoms with Crippen LogP contribution in [0.3, 0.4) is 0 Å². The molecule has 1 saturated carbocycles. The van der Waals surface area contributed by atoms with Gasteiger partial charge in [0.05, 0.1) is 18.2 Å². The Bertz CT molecular complexity index is 1180. The molecule has 2 aromatic heterocycles. The number of rotatable bonds is 10. The number of aryl methyl sites for hydroxylation is 1. The highest BCUT2D eigenvalue weighted by molar-refractivity contribution is 5.81. The maximum atomic E-state index is 13.1. The lowest BCUT2D eigenvalue weighted by Gasteiger charge is -2.35. The number of nitrogens with zero attached hydrogens (tertiary/aromatic N) is 5. The highest BCUT2D eigenvalue weighted by Crippen LogP contribution is 2.34. The van der Waals surface area contributed by atoms with Crippen molar-refractivity contribution in [3.05, 3.63) is 51.6 Å². The molecular formula is C25H34N6O3. The first-order valence-corrected chi connectivity index (χ1v) is 12.3. The predicted octanol–water partition coefficient (Wildman–Crippen LogP) is 3.67. The molecule has 1 aliphatic carbocycles. The Morgan fingerprint density at radius 3 is 2.82 bits per heavy atom. The van der Waals surface area contributed by atoms with Crippen molar-refractivity contribution in [1.82, 2.24) is 30.1 Å². The van der Waals surface area contributed by atoms with Gasteiger partial charge in [-0.05, 0) is 60.6 Å². The van der Waals surface area contributed by atoms with Gasteiger partial charge in [-0.1, -0.05) is 44.4 Å². The second-order valence-corrected chi connectivity index (χ2v) is 9.08. The van der Waals surface area contributed by atoms with Gasteiger partial charge in [-0.25, -0.2) is 4.68 Å². The third-order valence-electron chi connectivity index (χ3n) is 6.72. The minimum atomic E-state index is -0.361. The van der Waals surface area contributed by atoms with Crippen molar-refractivity contribution in [2.24, 2.45) is 0 Å². The lowest BCUT2D eigenvalue weighted by molar-refractivity contribution is -0.144. The Hall–Kier alpha value is -3.07. The van der Waals surface area contributed by atoms with E-state index in [4.69, 9.17) is 4.74 Å². The van der Waals surface area contributed by atoms with Crippen molar-refractivity contribution >= 4 is 16.9 Å². The molecule has 1 unspecified atom stereocenters. The van der Waals surface area contributed by atoms with Crippen LogP contribution in [0.4, 0.5) is 0 Å². The molecule has 3 aromatic rings. The second-order valence-electron chi connectivity index (χ2n) is 9.08. The minimum Gasteiger partial charge on any atom is -0.465 e. The van der Waals surface area contributed by atoms with Gasteiger partial charge in [0.15, 0.2) is 5.82 Å². The molecule has 0 radical (unpaired) electrons. The van der Waals surface area contributed by atoms with Gasteiger partial charge in [-0.2, -0.15) is 0 Å². The van der Waals surface area contributed by atoms with Gasteiger partial charge in [0.1, 0.15) is 6.54 Å². The molecule has 1 N–H and O–H groups in total. The summed E-state index contributed by atoms with van der Waals surface area (Å²) in [7, 11) is 0. The van der Waals surface area contributed by atoms with E-state index in [1.165, 1.54) is 12.8 Å². The van der Waals surface area contributed by atoms with E-state index in [1.807, 2.05) is 31.2 Å². The van der Waals surface area contributed by atoms with Gasteiger partial charge in [-0.15, -0.1) is 5.10 Å². The van der Waals surface area contributed by atoms with Crippen LogP contribution in [0.25, 0.3) is 10.9 Å². The Morgan fingerprint density at radius 2 is 2.09 bits per heavy atom. The molecule has 0 amide bonds. The van der Waals surface area contributed by atoms with Crippen molar-refractivity contribution in [3.63, 3.8) is 0 Å². The zero-order valence-electron chi connectivity index (χ0n) is 20.3. The number of ether oxygens (including phenoxy) is 1. The summed E-state index contributed by atoms with van der Waals surface area (Å²) in [6.07, 6.45) is 6.23. The largest absolute Gasteiger partial charge is 0.465 e. The SMILES string of the molecule is CCCC(c1nnnn1CC(=O)OCC)N(Cc1cc2cccc(C)c2[nH]c1=O)C1CCCC1. The molecular weight excluding hydrogens is 432 g/mol. The number of esters is 1. The van der Waals surface area contributed by atoms with E-state index in [-0.39, 0.29) is 24.1 Å². The van der Waals surface area contributed by atoms with Gasteiger partial charge in [-0.3, -0.25) is 14.5 Å². The van der Waals surface area contributed by atoms with Crippen molar-refractivity contribution < 1.29 is 9.53 Å². The number of tetrazole rings is 1. The van der Waals surface area contributed by atoms with Crippen LogP contribution in [0.2, 0.25) is 0 Å². The summed E-state index contributed by atoms with van der Waals surface area (Å²) in [5, 5.41) is 13.3. The zero-order chi connectivity index (χ0) is 24.1. The first-order valence-electron chi connectivity index (χ1n) is 12.3. The lowest BCUT2D eigenvalue weighted by Crippen LogP contribution is -2.39. The third-order valence-corrected chi connectivity index (χ3v) is 6.72. The van der Waals surface area contributed by atoms with Crippen LogP contribution in [0.1, 0.15) is 75.4 Å². The number of benzene rings is 1. The van der Waals surface area contributed by atoms with Crippen LogP contribution < -0.4 is 5.56 Å². The number of hydrogen-bond donors (Lipinski definition) is 1. The lowest BCUT2D eigenvalue weighted by atomic mass is 10.0. The molecule has 0 saturated heterocycles. The Kier molecular flexibility index (Phi) is 7.72. The topological polar surface area (TPSA) is 106 Å². The monoisotopic (exact) mass is 466 g/mol. The Balaban J connectivity index is 1.71. The summed E-state index contributed by atoms with van der Waals surface area (Å²) in [5.74, 6) is 0.287. The van der Waals surface area contributed by atoms with E-state index in [9.17, 15) is 9.59 Å². The molecule has 9 heteroatoms. The first-order chi connectivity index (χ1) is 16.5. The average molecular weight is 467 g/mol. The molecule has 1 atom stereocenters. The number of carbonyl (C=O) groups is 1. The molecule has 1 aromatic carbocycles. The molecule has 2 heterocycles. The fourth-order valence-corrected chi connectivity index (χ4v) is 5.08. The fourth-order valence-electron chi connectivity index (χ4n) is 5.08. The van der Waals surface area contributed by atoms with E-state index in [1.54, 1.807) is 11.6 Å². The highest BCUT2D eigenvalue weighted by atomic mass is 16.5. The fraction of sp³-hybridized carbons (Fsp3) is 0.560. The summed E-state index contributed by atoms with van der Waals surface area (Å²) in [6, 6.07) is 8.28. The quantitative estimate of drug-likeness (QED) is 0.454. The van der Waals surface area contributed by atoms with Crippen LogP contribution in [0.15, 0.2) is 29.1 Å². The van der Waals surface area contributed by atoms with Gasteiger partial charge in [0, 0.05) is 18.2 Å². The third kappa shape index (κ3) is 5.19. The molecule has 1 fully saturated rings. The number of para-hydroxylation sites is 1. The Morgan fingerprint density at radius 1 is 1.29 bits per heavy atom. The number of fused-ring (bicyclic) bond motifs is 1. The van der Waals surface area contributed by atoms with Crippen LogP contribution in [-0.2, 0) is 22.6 Å². The standard InChI is InChI=1S/C25H34N6O3/c1-4-9-21(24-27-28-29-31(24)16-22(32)34-5-2)30(20-12-6-7-13-20)15-19-14-18-11-8-10-17(3)23(18)26-25(19)33/h8,10-11,14,20-21H,4-7,9,12-13,15-16H2,1-3H3,(H,26,33). The zero-order valence-corrected chi connectivity index (χ0v) is 20.3. The number of nitrogens with one attached hydrogen (secondary N) is 1. The minimum absolute atomic E-state index is 0.0231. The van der Waals surface area contributed by atoms with E-state index in [0.717, 1.165) is 47.7 Å². The summed E-state index contributed by atoms with van der Waals surface area (Å²) in [5.41, 5.74) is 2.60. The van der Waals surface area contributed by atoms with Crippen LogP contribution in [-0.4, -0.2) is 48.7 Å². The normalized spacial score (nSPS) is 15.3. The van der Waals surface area contributed by atoms with Crippen molar-refractivity contribution in [3.8, 4) is 0 Å². The predicted molar refractivity (Wildman–Crippen MR) is 129 cm³/mol. The van der Waals surface area contributed by atoms with Crippen LogP contribution in [0, 0.1) is 6.92 Å². The number of aromatic nitrogens is 5. The van der Waals surface area contributed by atoms with E-state index >= 15 is 0 Å². The first kappa shape index (κ1) is 24.1. The average Bonchev–Trinajstić information content (AvgIpc) is 3.50. The molecule has 0 spiro atoms. The number of pyridine rings is 1. The molecule has 182 valence electrons. The molecule has 1 aliphatic rings. The van der Waals surface area contributed by atoms with Gasteiger partial charge >= 0.3 is 5.97 Å². The summed E-state index contributed by atoms with van der Waals surface area (Å²) in [4.78, 5) is 30.7. The highest BCUT2D eigenvalue weighted by Gasteiger charge is 2.33. The number of carbonyl (C=O) groups excluding carboxylic acids is 1. The Labute approximate surface area is 199 Å². The maximum absolute atomic E-state index is 13.1. The smallest absolute Gasteiger partial charge is 0.327 e.